The molecule has 0 aromatic rings. The number of aliphatic carboxylic acids is 1. The molecule has 0 aliphatic carbocycles. The zero-order valence-electron chi connectivity index (χ0n) is 13.0. The Morgan fingerprint density at radius 3 is 2.24 bits per heavy atom. The third-order valence-electron chi connectivity index (χ3n) is 4.59. The summed E-state index contributed by atoms with van der Waals surface area (Å²) >= 11 is 0. The first-order valence-corrected chi connectivity index (χ1v) is 8.01. The fourth-order valence-corrected chi connectivity index (χ4v) is 3.13. The predicted octanol–water partition coefficient (Wildman–Crippen LogP) is 0.480. The van der Waals surface area contributed by atoms with E-state index in [1.54, 1.807) is 11.9 Å². The topological polar surface area (TPSA) is 64.1 Å². The minimum atomic E-state index is -0.846. The molecular formula is C15H27N3O3. The summed E-state index contributed by atoms with van der Waals surface area (Å²) in [5, 5.41) is 9.21. The number of carbonyl (C=O) groups is 2. The highest BCUT2D eigenvalue weighted by Gasteiger charge is 2.32. The normalized spacial score (nSPS) is 26.1. The molecule has 2 saturated heterocycles. The SMILES string of the molecule is CN1CCN(C(=O)CN2CCCCCCC2)CC1C(=O)O. The minimum absolute atomic E-state index is 0.0786. The fourth-order valence-electron chi connectivity index (χ4n) is 3.13. The Labute approximate surface area is 126 Å². The molecule has 2 heterocycles. The molecule has 1 unspecified atom stereocenters. The van der Waals surface area contributed by atoms with Gasteiger partial charge < -0.3 is 10.0 Å². The lowest BCUT2D eigenvalue weighted by Gasteiger charge is -2.38. The number of hydrogen-bond donors (Lipinski definition) is 1. The summed E-state index contributed by atoms with van der Waals surface area (Å²) in [5.74, 6) is -0.767. The molecule has 0 spiro atoms. The van der Waals surface area contributed by atoms with Crippen molar-refractivity contribution < 1.29 is 14.7 Å². The Morgan fingerprint density at radius 1 is 1.00 bits per heavy atom. The average molecular weight is 297 g/mol. The summed E-state index contributed by atoms with van der Waals surface area (Å²) in [6.45, 7) is 3.98. The molecule has 0 aromatic heterocycles. The van der Waals surface area contributed by atoms with E-state index in [0.29, 0.717) is 26.2 Å². The Kier molecular flexibility index (Phi) is 5.99. The van der Waals surface area contributed by atoms with Gasteiger partial charge in [0.2, 0.25) is 5.91 Å². The Bertz CT molecular complexity index is 367. The van der Waals surface area contributed by atoms with E-state index in [2.05, 4.69) is 4.90 Å². The van der Waals surface area contributed by atoms with Crippen LogP contribution in [-0.2, 0) is 9.59 Å². The van der Waals surface area contributed by atoms with Gasteiger partial charge in [-0.05, 0) is 33.0 Å². The molecule has 0 bridgehead atoms. The van der Waals surface area contributed by atoms with Gasteiger partial charge in [0.1, 0.15) is 6.04 Å². The third kappa shape index (κ3) is 4.68. The first-order chi connectivity index (χ1) is 10.1. The maximum atomic E-state index is 12.4. The van der Waals surface area contributed by atoms with E-state index in [0.717, 1.165) is 25.9 Å². The summed E-state index contributed by atoms with van der Waals surface area (Å²) in [6.07, 6.45) is 6.13. The second kappa shape index (κ2) is 7.75. The molecule has 120 valence electrons. The molecular weight excluding hydrogens is 270 g/mol. The van der Waals surface area contributed by atoms with E-state index in [4.69, 9.17) is 0 Å². The van der Waals surface area contributed by atoms with Crippen LogP contribution in [0.4, 0.5) is 0 Å². The Morgan fingerprint density at radius 2 is 1.62 bits per heavy atom. The molecule has 2 aliphatic rings. The van der Waals surface area contributed by atoms with Crippen LogP contribution in [-0.4, -0.2) is 84.0 Å². The molecule has 6 heteroatoms. The highest BCUT2D eigenvalue weighted by Crippen LogP contribution is 2.12. The van der Waals surface area contributed by atoms with E-state index in [1.807, 2.05) is 4.90 Å². The highest BCUT2D eigenvalue weighted by atomic mass is 16.4. The van der Waals surface area contributed by atoms with Crippen LogP contribution in [0.1, 0.15) is 32.1 Å². The van der Waals surface area contributed by atoms with Crippen molar-refractivity contribution in [3.8, 4) is 0 Å². The smallest absolute Gasteiger partial charge is 0.322 e. The van der Waals surface area contributed by atoms with Crippen molar-refractivity contribution in [1.29, 1.82) is 0 Å². The summed E-state index contributed by atoms with van der Waals surface area (Å²) in [6, 6.07) is -0.574. The molecule has 6 nitrogen and oxygen atoms in total. The number of hydrogen-bond acceptors (Lipinski definition) is 4. The van der Waals surface area contributed by atoms with Gasteiger partial charge in [-0.3, -0.25) is 19.4 Å². The van der Waals surface area contributed by atoms with E-state index in [9.17, 15) is 14.7 Å². The van der Waals surface area contributed by atoms with Crippen molar-refractivity contribution in [3.05, 3.63) is 0 Å². The van der Waals surface area contributed by atoms with Crippen molar-refractivity contribution in [3.63, 3.8) is 0 Å². The van der Waals surface area contributed by atoms with E-state index < -0.39 is 12.0 Å². The van der Waals surface area contributed by atoms with Crippen LogP contribution in [0, 0.1) is 0 Å². The van der Waals surface area contributed by atoms with E-state index >= 15 is 0 Å². The number of rotatable bonds is 3. The lowest BCUT2D eigenvalue weighted by molar-refractivity contribution is -0.148. The minimum Gasteiger partial charge on any atom is -0.480 e. The van der Waals surface area contributed by atoms with Crippen LogP contribution in [0.15, 0.2) is 0 Å². The molecule has 0 aromatic carbocycles. The zero-order chi connectivity index (χ0) is 15.2. The van der Waals surface area contributed by atoms with Crippen LogP contribution in [0.25, 0.3) is 0 Å². The van der Waals surface area contributed by atoms with Crippen molar-refractivity contribution >= 4 is 11.9 Å². The summed E-state index contributed by atoms with van der Waals surface area (Å²) in [5.41, 5.74) is 0. The van der Waals surface area contributed by atoms with Crippen LogP contribution in [0.3, 0.4) is 0 Å². The first-order valence-electron chi connectivity index (χ1n) is 8.01. The number of likely N-dealkylation sites (N-methyl/N-ethyl adjacent to an activating group) is 1. The summed E-state index contributed by atoms with van der Waals surface area (Å²) < 4.78 is 0. The van der Waals surface area contributed by atoms with Gasteiger partial charge in [0.25, 0.3) is 0 Å². The Hall–Kier alpha value is -1.14. The van der Waals surface area contributed by atoms with Gasteiger partial charge in [-0.1, -0.05) is 19.3 Å². The van der Waals surface area contributed by atoms with Gasteiger partial charge in [0, 0.05) is 19.6 Å². The zero-order valence-corrected chi connectivity index (χ0v) is 13.0. The molecule has 2 aliphatic heterocycles. The lowest BCUT2D eigenvalue weighted by atomic mass is 10.1. The highest BCUT2D eigenvalue weighted by molar-refractivity contribution is 5.80. The van der Waals surface area contributed by atoms with E-state index in [-0.39, 0.29) is 5.91 Å². The number of piperazine rings is 1. The van der Waals surface area contributed by atoms with Gasteiger partial charge >= 0.3 is 5.97 Å². The number of nitrogens with zero attached hydrogens (tertiary/aromatic N) is 3. The van der Waals surface area contributed by atoms with Gasteiger partial charge in [-0.15, -0.1) is 0 Å². The monoisotopic (exact) mass is 297 g/mol. The number of amides is 1. The van der Waals surface area contributed by atoms with Gasteiger partial charge in [0.05, 0.1) is 6.54 Å². The van der Waals surface area contributed by atoms with Crippen molar-refractivity contribution in [2.24, 2.45) is 0 Å². The molecule has 1 atom stereocenters. The summed E-state index contributed by atoms with van der Waals surface area (Å²) in [7, 11) is 1.80. The molecule has 0 saturated carbocycles. The first kappa shape index (κ1) is 16.2. The Balaban J connectivity index is 1.85. The van der Waals surface area contributed by atoms with Crippen molar-refractivity contribution in [1.82, 2.24) is 14.7 Å². The molecule has 1 N–H and O–H groups in total. The van der Waals surface area contributed by atoms with Gasteiger partial charge in [-0.25, -0.2) is 0 Å². The van der Waals surface area contributed by atoms with Crippen molar-refractivity contribution in [2.45, 2.75) is 38.1 Å². The van der Waals surface area contributed by atoms with Crippen LogP contribution >= 0.6 is 0 Å². The largest absolute Gasteiger partial charge is 0.480 e. The van der Waals surface area contributed by atoms with Crippen LogP contribution < -0.4 is 0 Å². The van der Waals surface area contributed by atoms with Crippen LogP contribution in [0.2, 0.25) is 0 Å². The lowest BCUT2D eigenvalue weighted by Crippen LogP contribution is -2.57. The van der Waals surface area contributed by atoms with Gasteiger partial charge in [0.15, 0.2) is 0 Å². The molecule has 21 heavy (non-hydrogen) atoms. The molecule has 2 fully saturated rings. The third-order valence-corrected chi connectivity index (χ3v) is 4.59. The summed E-state index contributed by atoms with van der Waals surface area (Å²) in [4.78, 5) is 29.4. The maximum absolute atomic E-state index is 12.4. The molecule has 2 rings (SSSR count). The van der Waals surface area contributed by atoms with Gasteiger partial charge in [-0.2, -0.15) is 0 Å². The molecule has 0 radical (unpaired) electrons. The standard InChI is InChI=1S/C15H27N3O3/c1-16-9-10-18(11-13(16)15(20)21)14(19)12-17-7-5-3-2-4-6-8-17/h13H,2-12H2,1H3,(H,20,21). The number of likely N-dealkylation sites (tertiary alicyclic amines) is 1. The number of carboxylic acids is 1. The van der Waals surface area contributed by atoms with Crippen molar-refractivity contribution in [2.75, 3.05) is 46.3 Å². The number of carbonyl (C=O) groups excluding carboxylic acids is 1. The second-order valence-electron chi connectivity index (χ2n) is 6.22. The second-order valence-corrected chi connectivity index (χ2v) is 6.22. The quantitative estimate of drug-likeness (QED) is 0.821. The fraction of sp³-hybridized carbons (Fsp3) is 0.867. The van der Waals surface area contributed by atoms with E-state index in [1.165, 1.54) is 19.3 Å². The molecule has 1 amide bonds. The predicted molar refractivity (Wildman–Crippen MR) is 80.2 cm³/mol. The van der Waals surface area contributed by atoms with Crippen LogP contribution in [0.5, 0.6) is 0 Å². The number of carboxylic acid groups (broad SMARTS) is 1. The maximum Gasteiger partial charge on any atom is 0.322 e. The average Bonchev–Trinajstić information content (AvgIpc) is 2.41.